The molecule has 2 aromatic heterocycles. The van der Waals surface area contributed by atoms with Gasteiger partial charge in [-0.05, 0) is 23.9 Å². The van der Waals surface area contributed by atoms with Crippen LogP contribution in [0.3, 0.4) is 0 Å². The number of hydrogen-bond donors (Lipinski definition) is 0. The second kappa shape index (κ2) is 2.89. The zero-order valence-electron chi connectivity index (χ0n) is 6.99. The molecule has 0 unspecified atom stereocenters. The molecule has 0 saturated carbocycles. The average molecular weight is 158 g/mol. The highest BCUT2D eigenvalue weighted by molar-refractivity contribution is 5.80. The van der Waals surface area contributed by atoms with Crippen LogP contribution in [0.5, 0.6) is 0 Å². The van der Waals surface area contributed by atoms with Crippen molar-refractivity contribution in [2.45, 2.75) is 13.3 Å². The lowest BCUT2D eigenvalue weighted by atomic mass is 10.2. The highest BCUT2D eigenvalue weighted by Crippen LogP contribution is 2.11. The third-order valence-corrected chi connectivity index (χ3v) is 1.94. The smallest absolute Gasteiger partial charge is 0.0407 e. The van der Waals surface area contributed by atoms with Gasteiger partial charge in [0.2, 0.25) is 0 Å². The van der Waals surface area contributed by atoms with Gasteiger partial charge in [0.1, 0.15) is 0 Å². The zero-order chi connectivity index (χ0) is 8.39. The van der Waals surface area contributed by atoms with Gasteiger partial charge in [-0.15, -0.1) is 0 Å². The highest BCUT2D eigenvalue weighted by atomic mass is 14.7. The minimum absolute atomic E-state index is 0.984. The molecule has 0 aliphatic heterocycles. The van der Waals surface area contributed by atoms with Gasteiger partial charge < -0.3 is 0 Å². The number of rotatable bonds is 1. The van der Waals surface area contributed by atoms with Gasteiger partial charge in [0.05, 0.1) is 0 Å². The number of hydrogen-bond acceptors (Lipinski definition) is 2. The minimum Gasteiger partial charge on any atom is -0.264 e. The molecule has 0 fully saturated rings. The first-order chi connectivity index (χ1) is 5.90. The summed E-state index contributed by atoms with van der Waals surface area (Å²) in [7, 11) is 0. The monoisotopic (exact) mass is 158 g/mol. The molecule has 2 rings (SSSR count). The molecule has 0 aliphatic carbocycles. The molecule has 0 radical (unpaired) electrons. The number of fused-ring (bicyclic) bond motifs is 1. The van der Waals surface area contributed by atoms with Gasteiger partial charge in [0.15, 0.2) is 0 Å². The van der Waals surface area contributed by atoms with Crippen molar-refractivity contribution < 1.29 is 0 Å². The molecule has 0 bridgehead atoms. The van der Waals surface area contributed by atoms with Crippen LogP contribution in [0.2, 0.25) is 0 Å². The molecule has 0 amide bonds. The molecule has 0 aromatic carbocycles. The standard InChI is InChI=1S/C10H10N2/c1-2-10-5-8-3-4-11-6-9(8)7-12-10/h3-7H,2H2,1H3. The summed E-state index contributed by atoms with van der Waals surface area (Å²) in [5, 5.41) is 2.33. The fraction of sp³-hybridized carbons (Fsp3) is 0.200. The van der Waals surface area contributed by atoms with Crippen LogP contribution in [0.1, 0.15) is 12.6 Å². The van der Waals surface area contributed by atoms with E-state index in [9.17, 15) is 0 Å². The van der Waals surface area contributed by atoms with Crippen molar-refractivity contribution in [1.29, 1.82) is 0 Å². The van der Waals surface area contributed by atoms with Crippen LogP contribution >= 0.6 is 0 Å². The van der Waals surface area contributed by atoms with Crippen molar-refractivity contribution in [2.75, 3.05) is 0 Å². The van der Waals surface area contributed by atoms with E-state index in [-0.39, 0.29) is 0 Å². The van der Waals surface area contributed by atoms with Crippen molar-refractivity contribution in [3.63, 3.8) is 0 Å². The van der Waals surface area contributed by atoms with Gasteiger partial charge in [-0.25, -0.2) is 0 Å². The first-order valence-corrected chi connectivity index (χ1v) is 4.09. The van der Waals surface area contributed by atoms with E-state index in [1.807, 2.05) is 24.7 Å². The molecule has 2 aromatic rings. The predicted molar refractivity (Wildman–Crippen MR) is 48.9 cm³/mol. The number of aryl methyl sites for hydroxylation is 1. The first-order valence-electron chi connectivity index (χ1n) is 4.09. The minimum atomic E-state index is 0.984. The summed E-state index contributed by atoms with van der Waals surface area (Å²) >= 11 is 0. The highest BCUT2D eigenvalue weighted by Gasteiger charge is 1.94. The Morgan fingerprint density at radius 2 is 2.17 bits per heavy atom. The lowest BCUT2D eigenvalue weighted by Gasteiger charge is -1.98. The maximum atomic E-state index is 4.29. The second-order valence-corrected chi connectivity index (χ2v) is 2.75. The molecular weight excluding hydrogens is 148 g/mol. The SMILES string of the molecule is CCc1cc2ccncc2cn1. The summed E-state index contributed by atoms with van der Waals surface area (Å²) in [4.78, 5) is 8.31. The maximum Gasteiger partial charge on any atom is 0.0407 e. The van der Waals surface area contributed by atoms with Crippen LogP contribution in [0.15, 0.2) is 30.7 Å². The van der Waals surface area contributed by atoms with Gasteiger partial charge in [-0.2, -0.15) is 0 Å². The normalized spacial score (nSPS) is 10.4. The van der Waals surface area contributed by atoms with Crippen LogP contribution < -0.4 is 0 Å². The summed E-state index contributed by atoms with van der Waals surface area (Å²) in [6.45, 7) is 2.11. The third kappa shape index (κ3) is 1.16. The molecule has 2 heteroatoms. The van der Waals surface area contributed by atoms with E-state index >= 15 is 0 Å². The van der Waals surface area contributed by atoms with Gasteiger partial charge in [-0.3, -0.25) is 9.97 Å². The van der Waals surface area contributed by atoms with Gasteiger partial charge >= 0.3 is 0 Å². The van der Waals surface area contributed by atoms with Crippen LogP contribution in [-0.4, -0.2) is 9.97 Å². The summed E-state index contributed by atoms with van der Waals surface area (Å²) < 4.78 is 0. The molecule has 0 saturated heterocycles. The van der Waals surface area contributed by atoms with Crippen LogP contribution in [-0.2, 0) is 6.42 Å². The van der Waals surface area contributed by atoms with Crippen molar-refractivity contribution in [2.24, 2.45) is 0 Å². The average Bonchev–Trinajstić information content (AvgIpc) is 2.17. The van der Waals surface area contributed by atoms with Crippen molar-refractivity contribution in [3.8, 4) is 0 Å². The van der Waals surface area contributed by atoms with Crippen molar-refractivity contribution in [3.05, 3.63) is 36.4 Å². The third-order valence-electron chi connectivity index (χ3n) is 1.94. The van der Waals surface area contributed by atoms with E-state index in [2.05, 4.69) is 23.0 Å². The van der Waals surface area contributed by atoms with Crippen LogP contribution in [0, 0.1) is 0 Å². The molecule has 0 aliphatic rings. The predicted octanol–water partition coefficient (Wildman–Crippen LogP) is 2.19. The zero-order valence-corrected chi connectivity index (χ0v) is 6.99. The van der Waals surface area contributed by atoms with Gasteiger partial charge in [0.25, 0.3) is 0 Å². The Hall–Kier alpha value is -1.44. The van der Waals surface area contributed by atoms with E-state index in [1.165, 1.54) is 5.39 Å². The Morgan fingerprint density at radius 3 is 3.00 bits per heavy atom. The molecule has 0 spiro atoms. The van der Waals surface area contributed by atoms with E-state index in [0.29, 0.717) is 0 Å². The number of pyridine rings is 2. The molecular formula is C10H10N2. The molecule has 12 heavy (non-hydrogen) atoms. The Labute approximate surface area is 71.3 Å². The largest absolute Gasteiger partial charge is 0.264 e. The fourth-order valence-corrected chi connectivity index (χ4v) is 1.22. The summed E-state index contributed by atoms with van der Waals surface area (Å²) in [5.74, 6) is 0. The molecule has 0 atom stereocenters. The first kappa shape index (κ1) is 7.22. The Balaban J connectivity index is 2.67. The molecule has 0 N–H and O–H groups in total. The summed E-state index contributed by atoms with van der Waals surface area (Å²) in [5.41, 5.74) is 1.13. The van der Waals surface area contributed by atoms with E-state index in [4.69, 9.17) is 0 Å². The Morgan fingerprint density at radius 1 is 1.25 bits per heavy atom. The van der Waals surface area contributed by atoms with E-state index in [1.54, 1.807) is 0 Å². The van der Waals surface area contributed by atoms with Gasteiger partial charge in [-0.1, -0.05) is 6.92 Å². The van der Waals surface area contributed by atoms with Crippen LogP contribution in [0.4, 0.5) is 0 Å². The summed E-state index contributed by atoms with van der Waals surface area (Å²) in [6, 6.07) is 4.12. The lowest BCUT2D eigenvalue weighted by Crippen LogP contribution is -1.86. The second-order valence-electron chi connectivity index (χ2n) is 2.75. The summed E-state index contributed by atoms with van der Waals surface area (Å²) in [6.07, 6.45) is 6.50. The quantitative estimate of drug-likeness (QED) is 0.635. The Kier molecular flexibility index (Phi) is 1.74. The molecule has 60 valence electrons. The topological polar surface area (TPSA) is 25.8 Å². The fourth-order valence-electron chi connectivity index (χ4n) is 1.22. The van der Waals surface area contributed by atoms with Gasteiger partial charge in [0, 0.05) is 29.7 Å². The molecule has 2 nitrogen and oxygen atoms in total. The number of aromatic nitrogens is 2. The van der Waals surface area contributed by atoms with Crippen molar-refractivity contribution >= 4 is 10.8 Å². The lowest BCUT2D eigenvalue weighted by molar-refractivity contribution is 1.04. The molecule has 2 heterocycles. The maximum absolute atomic E-state index is 4.29. The Bertz CT molecular complexity index is 396. The van der Waals surface area contributed by atoms with Crippen LogP contribution in [0.25, 0.3) is 10.8 Å². The van der Waals surface area contributed by atoms with Crippen molar-refractivity contribution in [1.82, 2.24) is 9.97 Å². The van der Waals surface area contributed by atoms with E-state index in [0.717, 1.165) is 17.5 Å². The van der Waals surface area contributed by atoms with E-state index < -0.39 is 0 Å². The number of nitrogens with zero attached hydrogens (tertiary/aromatic N) is 2.